The van der Waals surface area contributed by atoms with E-state index in [1.54, 1.807) is 12.1 Å². The molecule has 0 radical (unpaired) electrons. The number of benzene rings is 2. The molecule has 0 unspecified atom stereocenters. The van der Waals surface area contributed by atoms with Gasteiger partial charge in [-0.25, -0.2) is 0 Å². The zero-order chi connectivity index (χ0) is 16.5. The van der Waals surface area contributed by atoms with E-state index in [2.05, 4.69) is 0 Å². The van der Waals surface area contributed by atoms with E-state index in [-0.39, 0.29) is 11.4 Å². The number of hydrogen-bond acceptors (Lipinski definition) is 4. The zero-order valence-corrected chi connectivity index (χ0v) is 12.6. The molecule has 116 valence electrons. The summed E-state index contributed by atoms with van der Waals surface area (Å²) in [6, 6.07) is 11.2. The van der Waals surface area contributed by atoms with Crippen molar-refractivity contribution in [2.45, 2.75) is 20.3 Å². The number of allylic oxidation sites excluding steroid dienone is 1. The monoisotopic (exact) mass is 301 g/mol. The normalized spacial score (nSPS) is 10.1. The lowest BCUT2D eigenvalue weighted by molar-refractivity contribution is -0.384. The van der Waals surface area contributed by atoms with Crippen LogP contribution in [0.5, 0.6) is 11.5 Å². The van der Waals surface area contributed by atoms with E-state index in [0.29, 0.717) is 11.3 Å². The number of rotatable bonds is 3. The summed E-state index contributed by atoms with van der Waals surface area (Å²) in [4.78, 5) is 9.95. The molecule has 2 N–H and O–H groups in total. The molecule has 0 amide bonds. The number of aromatic hydroxyl groups is 2. The van der Waals surface area contributed by atoms with Crippen molar-refractivity contribution in [3.63, 3.8) is 0 Å². The number of aryl methyl sites for hydroxylation is 1. The molecule has 5 nitrogen and oxygen atoms in total. The number of non-ortho nitro benzene ring substituents is 1. The third-order valence-electron chi connectivity index (χ3n) is 2.87. The topological polar surface area (TPSA) is 83.6 Å². The third kappa shape index (κ3) is 5.28. The fourth-order valence-corrected chi connectivity index (χ4v) is 1.60. The molecule has 0 saturated carbocycles. The highest BCUT2D eigenvalue weighted by Crippen LogP contribution is 2.24. The molecular formula is C17H19NO4. The van der Waals surface area contributed by atoms with Crippen molar-refractivity contribution < 1.29 is 15.1 Å². The lowest BCUT2D eigenvalue weighted by Gasteiger charge is -1.98. The molecule has 0 aliphatic carbocycles. The van der Waals surface area contributed by atoms with Crippen molar-refractivity contribution >= 4 is 11.8 Å². The maximum Gasteiger partial charge on any atom is 0.270 e. The Morgan fingerprint density at radius 3 is 2.32 bits per heavy atom. The standard InChI is InChI=1S/C10H11NO3.C7H8O/c1-2-3-4-8-7-9(11(13)14)5-6-10(8)12;1-6-4-2-3-5-7(6)8/h3-7,12H,2H2,1H3;2-5,8H,1H3/b4-3-;. The molecule has 22 heavy (non-hydrogen) atoms. The number of para-hydroxylation sites is 1. The second kappa shape index (κ2) is 8.46. The van der Waals surface area contributed by atoms with Crippen LogP contribution in [0.3, 0.4) is 0 Å². The predicted octanol–water partition coefficient (Wildman–Crippen LogP) is 4.42. The zero-order valence-electron chi connectivity index (χ0n) is 12.6. The SMILES string of the molecule is CC/C=C\c1cc([N+](=O)[O-])ccc1O.Cc1ccccc1O. The van der Waals surface area contributed by atoms with Crippen molar-refractivity contribution in [3.8, 4) is 11.5 Å². The molecule has 0 spiro atoms. The fraction of sp³-hybridized carbons (Fsp3) is 0.176. The molecule has 5 heteroatoms. The summed E-state index contributed by atoms with van der Waals surface area (Å²) in [6.45, 7) is 3.82. The summed E-state index contributed by atoms with van der Waals surface area (Å²) >= 11 is 0. The van der Waals surface area contributed by atoms with Gasteiger partial charge in [0.05, 0.1) is 4.92 Å². The van der Waals surface area contributed by atoms with E-state index >= 15 is 0 Å². The summed E-state index contributed by atoms with van der Waals surface area (Å²) in [5.74, 6) is 0.424. The minimum atomic E-state index is -0.483. The molecule has 2 aromatic carbocycles. The first-order valence-electron chi connectivity index (χ1n) is 6.84. The largest absolute Gasteiger partial charge is 0.508 e. The fourth-order valence-electron chi connectivity index (χ4n) is 1.60. The highest BCUT2D eigenvalue weighted by molar-refractivity contribution is 5.60. The van der Waals surface area contributed by atoms with Gasteiger partial charge in [0.15, 0.2) is 0 Å². The van der Waals surface area contributed by atoms with Crippen LogP contribution in [0.2, 0.25) is 0 Å². The van der Waals surface area contributed by atoms with Crippen LogP contribution in [0, 0.1) is 17.0 Å². The molecule has 0 aromatic heterocycles. The van der Waals surface area contributed by atoms with Crippen LogP contribution in [-0.2, 0) is 0 Å². The maximum absolute atomic E-state index is 10.4. The smallest absolute Gasteiger partial charge is 0.270 e. The second-order valence-corrected chi connectivity index (χ2v) is 4.60. The lowest BCUT2D eigenvalue weighted by Crippen LogP contribution is -1.88. The van der Waals surface area contributed by atoms with Crippen LogP contribution in [0.4, 0.5) is 5.69 Å². The van der Waals surface area contributed by atoms with Crippen LogP contribution < -0.4 is 0 Å². The number of hydrogen-bond donors (Lipinski definition) is 2. The first-order valence-corrected chi connectivity index (χ1v) is 6.84. The molecular weight excluding hydrogens is 282 g/mol. The summed E-state index contributed by atoms with van der Waals surface area (Å²) in [6.07, 6.45) is 4.32. The Morgan fingerprint density at radius 1 is 1.14 bits per heavy atom. The molecule has 2 rings (SSSR count). The third-order valence-corrected chi connectivity index (χ3v) is 2.87. The second-order valence-electron chi connectivity index (χ2n) is 4.60. The van der Waals surface area contributed by atoms with Gasteiger partial charge < -0.3 is 10.2 Å². The Hall–Kier alpha value is -2.82. The Morgan fingerprint density at radius 2 is 1.82 bits per heavy atom. The van der Waals surface area contributed by atoms with Gasteiger partial charge in [0.1, 0.15) is 11.5 Å². The molecule has 0 aliphatic heterocycles. The number of nitrogens with zero attached hydrogens (tertiary/aromatic N) is 1. The highest BCUT2D eigenvalue weighted by atomic mass is 16.6. The minimum absolute atomic E-state index is 0.0152. The minimum Gasteiger partial charge on any atom is -0.508 e. The first-order chi connectivity index (χ1) is 10.5. The van der Waals surface area contributed by atoms with Gasteiger partial charge in [0, 0.05) is 17.7 Å². The first kappa shape index (κ1) is 17.2. The van der Waals surface area contributed by atoms with Crippen molar-refractivity contribution in [1.29, 1.82) is 0 Å². The lowest BCUT2D eigenvalue weighted by atomic mass is 10.1. The van der Waals surface area contributed by atoms with E-state index in [4.69, 9.17) is 5.11 Å². The number of nitro benzene ring substituents is 1. The van der Waals surface area contributed by atoms with Gasteiger partial charge >= 0.3 is 0 Å². The van der Waals surface area contributed by atoms with Gasteiger partial charge in [-0.3, -0.25) is 10.1 Å². The van der Waals surface area contributed by atoms with E-state index in [9.17, 15) is 15.2 Å². The van der Waals surface area contributed by atoms with Gasteiger partial charge in [0.2, 0.25) is 0 Å². The Bertz CT molecular complexity index is 644. The summed E-state index contributed by atoms with van der Waals surface area (Å²) in [7, 11) is 0. The summed E-state index contributed by atoms with van der Waals surface area (Å²) < 4.78 is 0. The van der Waals surface area contributed by atoms with Crippen molar-refractivity contribution in [2.24, 2.45) is 0 Å². The van der Waals surface area contributed by atoms with Crippen molar-refractivity contribution in [1.82, 2.24) is 0 Å². The van der Waals surface area contributed by atoms with Crippen LogP contribution in [-0.4, -0.2) is 15.1 Å². The Kier molecular flexibility index (Phi) is 6.63. The van der Waals surface area contributed by atoms with Crippen molar-refractivity contribution in [2.75, 3.05) is 0 Å². The van der Waals surface area contributed by atoms with Crippen LogP contribution in [0.15, 0.2) is 48.5 Å². The molecule has 0 aliphatic rings. The molecule has 0 heterocycles. The van der Waals surface area contributed by atoms with Crippen LogP contribution in [0.1, 0.15) is 24.5 Å². The Balaban J connectivity index is 0.000000255. The summed E-state index contributed by atoms with van der Waals surface area (Å²) in [5.41, 5.74) is 1.38. The molecule has 0 saturated heterocycles. The number of phenolic OH excluding ortho intramolecular Hbond substituents is 2. The van der Waals surface area contributed by atoms with Gasteiger partial charge in [-0.15, -0.1) is 0 Å². The average molecular weight is 301 g/mol. The average Bonchev–Trinajstić information content (AvgIpc) is 2.50. The molecule has 0 fully saturated rings. The maximum atomic E-state index is 10.4. The van der Waals surface area contributed by atoms with E-state index in [0.717, 1.165) is 12.0 Å². The van der Waals surface area contributed by atoms with Gasteiger partial charge in [-0.1, -0.05) is 37.3 Å². The quantitative estimate of drug-likeness (QED) is 0.649. The van der Waals surface area contributed by atoms with Gasteiger partial charge in [-0.2, -0.15) is 0 Å². The Labute approximate surface area is 129 Å². The van der Waals surface area contributed by atoms with Crippen LogP contribution in [0.25, 0.3) is 6.08 Å². The summed E-state index contributed by atoms with van der Waals surface area (Å²) in [5, 5.41) is 28.7. The van der Waals surface area contributed by atoms with Crippen LogP contribution >= 0.6 is 0 Å². The predicted molar refractivity (Wildman–Crippen MR) is 86.9 cm³/mol. The van der Waals surface area contributed by atoms with E-state index in [1.165, 1.54) is 18.2 Å². The van der Waals surface area contributed by atoms with Gasteiger partial charge in [0.25, 0.3) is 5.69 Å². The van der Waals surface area contributed by atoms with Crippen molar-refractivity contribution in [3.05, 3.63) is 69.8 Å². The number of phenols is 2. The van der Waals surface area contributed by atoms with Gasteiger partial charge in [-0.05, 0) is 31.0 Å². The van der Waals surface area contributed by atoms with E-state index < -0.39 is 4.92 Å². The molecule has 2 aromatic rings. The molecule has 0 bridgehead atoms. The highest BCUT2D eigenvalue weighted by Gasteiger charge is 2.07. The molecule has 0 atom stereocenters. The number of nitro groups is 1. The van der Waals surface area contributed by atoms with E-state index in [1.807, 2.05) is 38.1 Å².